The van der Waals surface area contributed by atoms with E-state index in [1.165, 1.54) is 6.08 Å². The summed E-state index contributed by atoms with van der Waals surface area (Å²) in [5.41, 5.74) is 0. The zero-order valence-corrected chi connectivity index (χ0v) is 11.3. The van der Waals surface area contributed by atoms with E-state index in [1.54, 1.807) is 0 Å². The highest BCUT2D eigenvalue weighted by atomic mass is 17.2. The van der Waals surface area contributed by atoms with E-state index in [2.05, 4.69) is 19.6 Å². The molecular weight excluding hydrogens is 304 g/mol. The highest BCUT2D eigenvalue weighted by molar-refractivity contribution is 5.65. The predicted octanol–water partition coefficient (Wildman–Crippen LogP) is 0.120. The van der Waals surface area contributed by atoms with E-state index in [4.69, 9.17) is 18.6 Å². The molecule has 0 saturated heterocycles. The number of hydrogen-bond acceptors (Lipinski definition) is 10. The molecule has 1 rings (SSSR count). The van der Waals surface area contributed by atoms with E-state index >= 15 is 0 Å². The number of carbonyl (C=O) groups is 3. The van der Waals surface area contributed by atoms with Gasteiger partial charge in [-0.05, 0) is 6.08 Å². The summed E-state index contributed by atoms with van der Waals surface area (Å²) in [5.74, 6) is -2.92. The standard InChI is InChI=1S/C12H16O10/c1-7(13)18-17-6-11-12(22-20-9(3)15)10(4-5-16-11)21-19-8(2)14/h4-5,10-12H,6H2,1-3H3/t10-,11-,12+/m1/s1/i1D,2D,3D. The van der Waals surface area contributed by atoms with Crippen LogP contribution in [0.3, 0.4) is 0 Å². The molecular formula is C12H16O10. The van der Waals surface area contributed by atoms with Crippen molar-refractivity contribution in [3.05, 3.63) is 12.3 Å². The Hall–Kier alpha value is -2.17. The fourth-order valence-corrected chi connectivity index (χ4v) is 1.35. The van der Waals surface area contributed by atoms with Crippen LogP contribution >= 0.6 is 0 Å². The topological polar surface area (TPSA) is 116 Å². The van der Waals surface area contributed by atoms with E-state index in [-0.39, 0.29) is 0 Å². The molecule has 124 valence electrons. The molecule has 1 aliphatic rings. The second-order valence-corrected chi connectivity index (χ2v) is 3.78. The minimum Gasteiger partial charge on any atom is -0.493 e. The van der Waals surface area contributed by atoms with Crippen LogP contribution < -0.4 is 0 Å². The number of carbonyl (C=O) groups excluding carboxylic acids is 3. The van der Waals surface area contributed by atoms with Gasteiger partial charge in [-0.3, -0.25) is 14.7 Å². The normalized spacial score (nSPS) is 25.1. The average molecular weight is 323 g/mol. The van der Waals surface area contributed by atoms with Crippen molar-refractivity contribution in [2.45, 2.75) is 39.0 Å². The van der Waals surface area contributed by atoms with Crippen molar-refractivity contribution >= 4 is 17.9 Å². The Labute approximate surface area is 129 Å². The Bertz CT molecular complexity index is 486. The maximum atomic E-state index is 11.1. The van der Waals surface area contributed by atoms with Crippen LogP contribution in [0, 0.1) is 0 Å². The summed E-state index contributed by atoms with van der Waals surface area (Å²) in [5, 5.41) is 0. The van der Waals surface area contributed by atoms with Gasteiger partial charge < -0.3 is 4.74 Å². The van der Waals surface area contributed by atoms with Gasteiger partial charge in [0.05, 0.1) is 6.26 Å². The second kappa shape index (κ2) is 8.97. The maximum absolute atomic E-state index is 11.1. The Balaban J connectivity index is 2.67. The molecule has 0 amide bonds. The first-order valence-corrected chi connectivity index (χ1v) is 5.76. The van der Waals surface area contributed by atoms with Crippen molar-refractivity contribution in [1.82, 2.24) is 0 Å². The Morgan fingerprint density at radius 1 is 1.05 bits per heavy atom. The van der Waals surface area contributed by atoms with Gasteiger partial charge in [-0.2, -0.15) is 14.7 Å². The summed E-state index contributed by atoms with van der Waals surface area (Å²) in [6, 6.07) is 0. The highest BCUT2D eigenvalue weighted by Gasteiger charge is 2.38. The molecule has 0 spiro atoms. The smallest absolute Gasteiger partial charge is 0.339 e. The molecule has 1 aliphatic heterocycles. The fraction of sp³-hybridized carbons (Fsp3) is 0.583. The molecule has 0 aromatic heterocycles. The quantitative estimate of drug-likeness (QED) is 0.472. The molecule has 1 heterocycles. The Kier molecular flexibility index (Phi) is 5.50. The van der Waals surface area contributed by atoms with E-state index < -0.39 is 63.5 Å². The van der Waals surface area contributed by atoms with Crippen LogP contribution in [0.25, 0.3) is 0 Å². The van der Waals surface area contributed by atoms with Crippen LogP contribution in [0.1, 0.15) is 24.8 Å². The summed E-state index contributed by atoms with van der Waals surface area (Å²) in [6.45, 7) is -2.43. The largest absolute Gasteiger partial charge is 0.493 e. The van der Waals surface area contributed by atoms with E-state index in [0.717, 1.165) is 6.26 Å². The fourth-order valence-electron chi connectivity index (χ4n) is 1.35. The van der Waals surface area contributed by atoms with Gasteiger partial charge in [-0.25, -0.2) is 14.4 Å². The minimum absolute atomic E-state index is 0.397. The van der Waals surface area contributed by atoms with Crippen molar-refractivity contribution in [1.29, 1.82) is 0 Å². The summed E-state index contributed by atoms with van der Waals surface area (Å²) in [4.78, 5) is 60.2. The van der Waals surface area contributed by atoms with Crippen LogP contribution in [0.2, 0.25) is 0 Å². The van der Waals surface area contributed by atoms with Crippen LogP contribution in [0.5, 0.6) is 0 Å². The molecule has 0 radical (unpaired) electrons. The molecule has 0 bridgehead atoms. The zero-order chi connectivity index (χ0) is 18.7. The van der Waals surface area contributed by atoms with Crippen LogP contribution in [0.15, 0.2) is 12.3 Å². The van der Waals surface area contributed by atoms with Gasteiger partial charge in [0, 0.05) is 24.8 Å². The molecule has 0 N–H and O–H groups in total. The van der Waals surface area contributed by atoms with Crippen molar-refractivity contribution in [3.8, 4) is 0 Å². The van der Waals surface area contributed by atoms with Gasteiger partial charge in [-0.15, -0.1) is 0 Å². The molecule has 3 atom stereocenters. The van der Waals surface area contributed by atoms with Gasteiger partial charge in [0.2, 0.25) is 0 Å². The third-order valence-electron chi connectivity index (χ3n) is 2.10. The number of rotatable bonds is 7. The molecule has 0 unspecified atom stereocenters. The van der Waals surface area contributed by atoms with Crippen molar-refractivity contribution in [3.63, 3.8) is 0 Å². The van der Waals surface area contributed by atoms with Gasteiger partial charge in [-0.1, -0.05) is 0 Å². The molecule has 0 fully saturated rings. The van der Waals surface area contributed by atoms with Crippen molar-refractivity contribution < 1.29 is 52.6 Å². The summed E-state index contributed by atoms with van der Waals surface area (Å²) in [7, 11) is 0. The average Bonchev–Trinajstić information content (AvgIpc) is 2.64. The SMILES string of the molecule is [2H]CC(=O)OOC[C@H]1OC=C[C@@H](OOC(=O)C[2H])[C@@H]1OOC(=O)C[2H]. The lowest BCUT2D eigenvalue weighted by atomic mass is 10.1. The number of ether oxygens (including phenoxy) is 1. The molecule has 0 aromatic carbocycles. The van der Waals surface area contributed by atoms with Crippen molar-refractivity contribution in [2.24, 2.45) is 0 Å². The first-order chi connectivity index (χ1) is 12.0. The molecule has 0 aromatic rings. The van der Waals surface area contributed by atoms with Gasteiger partial charge >= 0.3 is 17.9 Å². The van der Waals surface area contributed by atoms with E-state index in [1.807, 2.05) is 0 Å². The third kappa shape index (κ3) is 6.52. The van der Waals surface area contributed by atoms with Gasteiger partial charge in [0.1, 0.15) is 6.61 Å². The first-order valence-electron chi connectivity index (χ1n) is 7.88. The zero-order valence-electron chi connectivity index (χ0n) is 14.3. The van der Waals surface area contributed by atoms with Crippen LogP contribution in [0.4, 0.5) is 0 Å². The third-order valence-corrected chi connectivity index (χ3v) is 2.10. The number of hydrogen-bond donors (Lipinski definition) is 0. The lowest BCUT2D eigenvalue weighted by Crippen LogP contribution is -2.46. The van der Waals surface area contributed by atoms with E-state index in [9.17, 15) is 14.4 Å². The van der Waals surface area contributed by atoms with Crippen molar-refractivity contribution in [2.75, 3.05) is 6.61 Å². The lowest BCUT2D eigenvalue weighted by molar-refractivity contribution is -0.373. The van der Waals surface area contributed by atoms with Crippen LogP contribution in [-0.4, -0.2) is 42.8 Å². The molecule has 0 aliphatic carbocycles. The second-order valence-electron chi connectivity index (χ2n) is 3.78. The summed E-state index contributed by atoms with van der Waals surface area (Å²) in [6.07, 6.45) is -0.923. The molecule has 22 heavy (non-hydrogen) atoms. The van der Waals surface area contributed by atoms with Crippen LogP contribution in [-0.2, 0) is 48.4 Å². The summed E-state index contributed by atoms with van der Waals surface area (Å²) < 4.78 is 25.6. The van der Waals surface area contributed by atoms with Gasteiger partial charge in [0.25, 0.3) is 0 Å². The molecule has 10 heteroatoms. The summed E-state index contributed by atoms with van der Waals surface area (Å²) >= 11 is 0. The molecule has 0 saturated carbocycles. The first kappa shape index (κ1) is 13.5. The van der Waals surface area contributed by atoms with Gasteiger partial charge in [0.15, 0.2) is 18.3 Å². The molecule has 10 nitrogen and oxygen atoms in total. The monoisotopic (exact) mass is 323 g/mol. The highest BCUT2D eigenvalue weighted by Crippen LogP contribution is 2.20. The maximum Gasteiger partial charge on any atom is 0.339 e. The lowest BCUT2D eigenvalue weighted by Gasteiger charge is -2.30. The Morgan fingerprint density at radius 3 is 2.36 bits per heavy atom. The predicted molar refractivity (Wildman–Crippen MR) is 65.0 cm³/mol. The minimum atomic E-state index is -1.21. The van der Waals surface area contributed by atoms with E-state index in [0.29, 0.717) is 0 Å². The Morgan fingerprint density at radius 2 is 1.68 bits per heavy atom.